The highest BCUT2D eigenvalue weighted by atomic mass is 35.5. The summed E-state index contributed by atoms with van der Waals surface area (Å²) in [7, 11) is 1.88. The smallest absolute Gasteiger partial charge is 0.252 e. The van der Waals surface area contributed by atoms with Crippen molar-refractivity contribution in [1.82, 2.24) is 34.8 Å². The lowest BCUT2D eigenvalue weighted by atomic mass is 9.90. The van der Waals surface area contributed by atoms with Gasteiger partial charge in [0.1, 0.15) is 5.82 Å². The highest BCUT2D eigenvalue weighted by Gasteiger charge is 2.35. The van der Waals surface area contributed by atoms with E-state index in [0.29, 0.717) is 18.3 Å². The maximum atomic E-state index is 13.1. The molecular weight excluding hydrogens is 392 g/mol. The second-order valence-corrected chi connectivity index (χ2v) is 7.38. The van der Waals surface area contributed by atoms with Crippen LogP contribution in [-0.2, 0) is 11.8 Å². The molecule has 0 radical (unpaired) electrons. The van der Waals surface area contributed by atoms with Crippen LogP contribution >= 0.6 is 12.4 Å². The van der Waals surface area contributed by atoms with Gasteiger partial charge in [-0.2, -0.15) is 14.9 Å². The summed E-state index contributed by atoms with van der Waals surface area (Å²) >= 11 is 0. The topological polar surface area (TPSA) is 103 Å². The van der Waals surface area contributed by atoms with Gasteiger partial charge in [-0.3, -0.25) is 9.48 Å². The Balaban J connectivity index is 0.00000240. The maximum absolute atomic E-state index is 13.1. The summed E-state index contributed by atoms with van der Waals surface area (Å²) in [6.07, 6.45) is 7.11. The number of aromatic nitrogens is 6. The first kappa shape index (κ1) is 20.9. The molecule has 0 unspecified atom stereocenters. The molecule has 0 bridgehead atoms. The van der Waals surface area contributed by atoms with E-state index < -0.39 is 0 Å². The van der Waals surface area contributed by atoms with Crippen LogP contribution < -0.4 is 10.6 Å². The Labute approximate surface area is 175 Å². The number of nitrogens with zero attached hydrogens (tertiary/aromatic N) is 6. The Morgan fingerprint density at radius 3 is 2.69 bits per heavy atom. The van der Waals surface area contributed by atoms with Crippen LogP contribution in [0.3, 0.4) is 0 Å². The van der Waals surface area contributed by atoms with Gasteiger partial charge in [-0.05, 0) is 17.5 Å². The molecule has 154 valence electrons. The van der Waals surface area contributed by atoms with Crippen LogP contribution in [0, 0.1) is 5.92 Å². The summed E-state index contributed by atoms with van der Waals surface area (Å²) in [5.41, 5.74) is 1.94. The van der Waals surface area contributed by atoms with E-state index in [1.54, 1.807) is 27.8 Å². The molecule has 2 atom stereocenters. The number of hydrogen-bond donors (Lipinski definition) is 2. The molecule has 10 heteroatoms. The SMILES string of the molecule is CC(C)c1cc(NC(=O)[C@H]2CNC[C@@H]2c2cnn(C)c2)n(-c2ncccn2)n1.Cl. The number of carbonyl (C=O) groups excluding carboxylic acids is 1. The number of nitrogens with one attached hydrogen (secondary N) is 2. The van der Waals surface area contributed by atoms with Crippen LogP contribution in [0.5, 0.6) is 0 Å². The average Bonchev–Trinajstić information content (AvgIpc) is 3.41. The second-order valence-electron chi connectivity index (χ2n) is 7.38. The van der Waals surface area contributed by atoms with Crippen LogP contribution in [0.4, 0.5) is 5.82 Å². The van der Waals surface area contributed by atoms with Crippen LogP contribution in [0.1, 0.15) is 36.9 Å². The molecule has 1 aliphatic heterocycles. The van der Waals surface area contributed by atoms with E-state index in [1.165, 1.54) is 0 Å². The third kappa shape index (κ3) is 4.30. The lowest BCUT2D eigenvalue weighted by Crippen LogP contribution is -2.29. The Kier molecular flexibility index (Phi) is 6.29. The first-order valence-electron chi connectivity index (χ1n) is 9.40. The lowest BCUT2D eigenvalue weighted by molar-refractivity contribution is -0.119. The highest BCUT2D eigenvalue weighted by Crippen LogP contribution is 2.29. The van der Waals surface area contributed by atoms with Crippen LogP contribution in [0.2, 0.25) is 0 Å². The molecule has 1 aliphatic rings. The van der Waals surface area contributed by atoms with Crippen molar-refractivity contribution < 1.29 is 4.79 Å². The number of hydrogen-bond acceptors (Lipinski definition) is 6. The van der Waals surface area contributed by atoms with E-state index in [2.05, 4.69) is 44.6 Å². The molecule has 3 aromatic rings. The molecule has 2 N–H and O–H groups in total. The van der Waals surface area contributed by atoms with Gasteiger partial charge in [0.25, 0.3) is 5.95 Å². The normalized spacial score (nSPS) is 18.6. The minimum Gasteiger partial charge on any atom is -0.315 e. The summed E-state index contributed by atoms with van der Waals surface area (Å²) < 4.78 is 3.36. The van der Waals surface area contributed by atoms with Gasteiger partial charge in [0.2, 0.25) is 5.91 Å². The van der Waals surface area contributed by atoms with Crippen molar-refractivity contribution in [1.29, 1.82) is 0 Å². The highest BCUT2D eigenvalue weighted by molar-refractivity contribution is 5.93. The number of halogens is 1. The van der Waals surface area contributed by atoms with E-state index >= 15 is 0 Å². The number of aryl methyl sites for hydroxylation is 1. The molecule has 1 saturated heterocycles. The summed E-state index contributed by atoms with van der Waals surface area (Å²) in [5.74, 6) is 1.08. The predicted octanol–water partition coefficient (Wildman–Crippen LogP) is 1.88. The first-order valence-corrected chi connectivity index (χ1v) is 9.40. The first-order chi connectivity index (χ1) is 13.5. The number of anilines is 1. The zero-order valence-electron chi connectivity index (χ0n) is 16.6. The van der Waals surface area contributed by atoms with E-state index in [0.717, 1.165) is 17.8 Å². The van der Waals surface area contributed by atoms with Crippen molar-refractivity contribution in [3.63, 3.8) is 0 Å². The van der Waals surface area contributed by atoms with E-state index in [9.17, 15) is 4.79 Å². The van der Waals surface area contributed by atoms with Crippen molar-refractivity contribution in [2.75, 3.05) is 18.4 Å². The predicted molar refractivity (Wildman–Crippen MR) is 111 cm³/mol. The minimum absolute atomic E-state index is 0. The Bertz CT molecular complexity index is 968. The van der Waals surface area contributed by atoms with Crippen LogP contribution in [0.15, 0.2) is 36.9 Å². The summed E-state index contributed by atoms with van der Waals surface area (Å²) in [5, 5.41) is 15.2. The van der Waals surface area contributed by atoms with Crippen LogP contribution in [0.25, 0.3) is 5.95 Å². The summed E-state index contributed by atoms with van der Waals surface area (Å²) in [6.45, 7) is 5.49. The molecule has 4 rings (SSSR count). The molecule has 29 heavy (non-hydrogen) atoms. The van der Waals surface area contributed by atoms with E-state index in [4.69, 9.17) is 0 Å². The Hall–Kier alpha value is -2.78. The van der Waals surface area contributed by atoms with Crippen molar-refractivity contribution in [3.05, 3.63) is 48.2 Å². The maximum Gasteiger partial charge on any atom is 0.252 e. The van der Waals surface area contributed by atoms with Gasteiger partial charge < -0.3 is 10.6 Å². The fourth-order valence-corrected chi connectivity index (χ4v) is 3.48. The Morgan fingerprint density at radius 1 is 1.28 bits per heavy atom. The largest absolute Gasteiger partial charge is 0.315 e. The fraction of sp³-hybridized carbons (Fsp3) is 0.421. The van der Waals surface area contributed by atoms with E-state index in [-0.39, 0.29) is 36.1 Å². The quantitative estimate of drug-likeness (QED) is 0.658. The van der Waals surface area contributed by atoms with Gasteiger partial charge in [-0.1, -0.05) is 13.8 Å². The standard InChI is InChI=1S/C19H24N8O.ClH/c1-12(2)16-7-17(27(25-16)19-21-5-4-6-22-19)24-18(28)15-10-20-9-14(15)13-8-23-26(3)11-13;/h4-8,11-12,14-15,20H,9-10H2,1-3H3,(H,24,28);1H/t14-,15+;/m1./s1. The monoisotopic (exact) mass is 416 g/mol. The fourth-order valence-electron chi connectivity index (χ4n) is 3.48. The van der Waals surface area contributed by atoms with Gasteiger partial charge in [0.05, 0.1) is 17.8 Å². The molecule has 4 heterocycles. The molecule has 0 aliphatic carbocycles. The van der Waals surface area contributed by atoms with Gasteiger partial charge in [0.15, 0.2) is 0 Å². The molecular formula is C19H25ClN8O. The summed E-state index contributed by atoms with van der Waals surface area (Å²) in [6, 6.07) is 3.64. The average molecular weight is 417 g/mol. The zero-order chi connectivity index (χ0) is 19.7. The third-order valence-corrected chi connectivity index (χ3v) is 5.02. The molecule has 0 aromatic carbocycles. The molecule has 1 amide bonds. The van der Waals surface area contributed by atoms with E-state index in [1.807, 2.05) is 25.5 Å². The molecule has 0 saturated carbocycles. The Morgan fingerprint density at radius 2 is 2.03 bits per heavy atom. The van der Waals surface area contributed by atoms with Crippen molar-refractivity contribution in [2.24, 2.45) is 13.0 Å². The third-order valence-electron chi connectivity index (χ3n) is 5.02. The molecule has 1 fully saturated rings. The minimum atomic E-state index is -0.188. The number of amides is 1. The molecule has 9 nitrogen and oxygen atoms in total. The summed E-state index contributed by atoms with van der Waals surface area (Å²) in [4.78, 5) is 21.6. The number of rotatable bonds is 5. The molecule has 0 spiro atoms. The second kappa shape index (κ2) is 8.71. The van der Waals surface area contributed by atoms with Gasteiger partial charge in [-0.15, -0.1) is 12.4 Å². The molecule has 3 aromatic heterocycles. The van der Waals surface area contributed by atoms with Crippen molar-refractivity contribution in [2.45, 2.75) is 25.7 Å². The van der Waals surface area contributed by atoms with Gasteiger partial charge >= 0.3 is 0 Å². The zero-order valence-corrected chi connectivity index (χ0v) is 17.4. The van der Waals surface area contributed by atoms with Crippen molar-refractivity contribution in [3.8, 4) is 5.95 Å². The number of carbonyl (C=O) groups is 1. The van der Waals surface area contributed by atoms with Gasteiger partial charge in [0, 0.05) is 50.7 Å². The van der Waals surface area contributed by atoms with Gasteiger partial charge in [-0.25, -0.2) is 9.97 Å². The van der Waals surface area contributed by atoms with Crippen molar-refractivity contribution >= 4 is 24.1 Å². The van der Waals surface area contributed by atoms with Crippen LogP contribution in [-0.4, -0.2) is 48.5 Å². The lowest BCUT2D eigenvalue weighted by Gasteiger charge is -2.17.